The van der Waals surface area contributed by atoms with Gasteiger partial charge in [0, 0.05) is 28.9 Å². The molecule has 0 aliphatic heterocycles. The zero-order chi connectivity index (χ0) is 13.7. The van der Waals surface area contributed by atoms with Gasteiger partial charge in [0.2, 0.25) is 0 Å². The zero-order valence-electron chi connectivity index (χ0n) is 10.9. The van der Waals surface area contributed by atoms with Crippen LogP contribution >= 0.6 is 15.9 Å². The molecule has 0 atom stereocenters. The Balaban J connectivity index is 2.02. The molecule has 0 saturated heterocycles. The van der Waals surface area contributed by atoms with E-state index in [1.165, 1.54) is 37.8 Å². The van der Waals surface area contributed by atoms with Crippen molar-refractivity contribution in [3.8, 4) is 5.75 Å². The lowest BCUT2D eigenvalue weighted by Gasteiger charge is -2.30. The van der Waals surface area contributed by atoms with Crippen LogP contribution in [0.4, 0.5) is 8.78 Å². The van der Waals surface area contributed by atoms with Gasteiger partial charge in [0.25, 0.3) is 0 Å². The van der Waals surface area contributed by atoms with E-state index in [9.17, 15) is 8.78 Å². The standard InChI is InChI=1S/C15H19BrF2O/c16-10-15(5-3-1-2-4-6-15)11-19-14-8-12(17)7-13(18)9-14/h7-9H,1-6,10-11H2. The van der Waals surface area contributed by atoms with Crippen LogP contribution in [0.2, 0.25) is 0 Å². The van der Waals surface area contributed by atoms with E-state index in [1.807, 2.05) is 0 Å². The molecule has 1 aliphatic rings. The van der Waals surface area contributed by atoms with Gasteiger partial charge < -0.3 is 4.74 Å². The summed E-state index contributed by atoms with van der Waals surface area (Å²) in [6.45, 7) is 0.515. The Morgan fingerprint density at radius 2 is 1.58 bits per heavy atom. The molecular weight excluding hydrogens is 314 g/mol. The second-order valence-corrected chi connectivity index (χ2v) is 6.00. The van der Waals surface area contributed by atoms with Crippen LogP contribution in [0.1, 0.15) is 38.5 Å². The highest BCUT2D eigenvalue weighted by Gasteiger charge is 2.30. The topological polar surface area (TPSA) is 9.23 Å². The largest absolute Gasteiger partial charge is 0.493 e. The molecule has 0 radical (unpaired) electrons. The Bertz CT molecular complexity index is 394. The normalized spacial score (nSPS) is 18.9. The zero-order valence-corrected chi connectivity index (χ0v) is 12.5. The molecule has 106 valence electrons. The maximum absolute atomic E-state index is 13.1. The first kappa shape index (κ1) is 14.8. The summed E-state index contributed by atoms with van der Waals surface area (Å²) >= 11 is 3.58. The van der Waals surface area contributed by atoms with Gasteiger partial charge in [-0.15, -0.1) is 0 Å². The number of alkyl halides is 1. The second kappa shape index (κ2) is 6.69. The van der Waals surface area contributed by atoms with Crippen molar-refractivity contribution < 1.29 is 13.5 Å². The third-order valence-corrected chi connectivity index (χ3v) is 5.02. The first-order chi connectivity index (χ1) is 9.13. The Morgan fingerprint density at radius 3 is 2.11 bits per heavy atom. The smallest absolute Gasteiger partial charge is 0.129 e. The van der Waals surface area contributed by atoms with Crippen molar-refractivity contribution in [1.29, 1.82) is 0 Å². The van der Waals surface area contributed by atoms with Gasteiger partial charge in [-0.2, -0.15) is 0 Å². The molecule has 1 fully saturated rings. The van der Waals surface area contributed by atoms with Crippen LogP contribution in [-0.4, -0.2) is 11.9 Å². The Kier molecular flexibility index (Phi) is 5.20. The molecule has 1 saturated carbocycles. The Hall–Kier alpha value is -0.640. The summed E-state index contributed by atoms with van der Waals surface area (Å²) in [6, 6.07) is 3.34. The van der Waals surface area contributed by atoms with Gasteiger partial charge in [0.1, 0.15) is 17.4 Å². The van der Waals surface area contributed by atoms with E-state index in [-0.39, 0.29) is 11.2 Å². The second-order valence-electron chi connectivity index (χ2n) is 5.44. The van der Waals surface area contributed by atoms with Crippen molar-refractivity contribution in [3.05, 3.63) is 29.8 Å². The summed E-state index contributed by atoms with van der Waals surface area (Å²) in [5, 5.41) is 0.873. The lowest BCUT2D eigenvalue weighted by atomic mass is 9.83. The van der Waals surface area contributed by atoms with Crippen molar-refractivity contribution in [2.24, 2.45) is 5.41 Å². The van der Waals surface area contributed by atoms with E-state index in [1.54, 1.807) is 0 Å². The molecule has 1 nitrogen and oxygen atoms in total. The van der Waals surface area contributed by atoms with Crippen LogP contribution in [0.25, 0.3) is 0 Å². The highest BCUT2D eigenvalue weighted by molar-refractivity contribution is 9.09. The van der Waals surface area contributed by atoms with Gasteiger partial charge >= 0.3 is 0 Å². The van der Waals surface area contributed by atoms with E-state index in [4.69, 9.17) is 4.74 Å². The quantitative estimate of drug-likeness (QED) is 0.552. The summed E-state index contributed by atoms with van der Waals surface area (Å²) in [5.74, 6) is -0.908. The fraction of sp³-hybridized carbons (Fsp3) is 0.600. The molecule has 0 unspecified atom stereocenters. The average Bonchev–Trinajstić information content (AvgIpc) is 2.61. The summed E-state index contributed by atoms with van der Waals surface area (Å²) < 4.78 is 31.9. The van der Waals surface area contributed by atoms with E-state index in [0.29, 0.717) is 6.61 Å². The van der Waals surface area contributed by atoms with Gasteiger partial charge in [-0.25, -0.2) is 8.78 Å². The number of hydrogen-bond donors (Lipinski definition) is 0. The monoisotopic (exact) mass is 332 g/mol. The van der Waals surface area contributed by atoms with Crippen molar-refractivity contribution in [2.45, 2.75) is 38.5 Å². The molecule has 1 aliphatic carbocycles. The summed E-state index contributed by atoms with van der Waals surface area (Å²) in [5.41, 5.74) is 0.0965. The summed E-state index contributed by atoms with van der Waals surface area (Å²) in [6.07, 6.45) is 7.15. The maximum atomic E-state index is 13.1. The highest BCUT2D eigenvalue weighted by Crippen LogP contribution is 2.37. The lowest BCUT2D eigenvalue weighted by molar-refractivity contribution is 0.148. The van der Waals surface area contributed by atoms with Crippen LogP contribution in [0.15, 0.2) is 18.2 Å². The third kappa shape index (κ3) is 4.16. The predicted molar refractivity (Wildman–Crippen MR) is 75.8 cm³/mol. The van der Waals surface area contributed by atoms with E-state index in [2.05, 4.69) is 15.9 Å². The number of benzene rings is 1. The third-order valence-electron chi connectivity index (χ3n) is 3.83. The van der Waals surface area contributed by atoms with Crippen LogP contribution in [0.5, 0.6) is 5.75 Å². The molecule has 0 bridgehead atoms. The molecule has 0 spiro atoms. The molecule has 1 aromatic carbocycles. The van der Waals surface area contributed by atoms with Crippen LogP contribution in [0.3, 0.4) is 0 Å². The van der Waals surface area contributed by atoms with Gasteiger partial charge in [-0.1, -0.05) is 41.6 Å². The fourth-order valence-corrected chi connectivity index (χ4v) is 3.37. The van der Waals surface area contributed by atoms with Gasteiger partial charge in [-0.3, -0.25) is 0 Å². The fourth-order valence-electron chi connectivity index (χ4n) is 2.64. The SMILES string of the molecule is Fc1cc(F)cc(OCC2(CBr)CCCCCC2)c1. The summed E-state index contributed by atoms with van der Waals surface area (Å²) in [7, 11) is 0. The first-order valence-corrected chi connectivity index (χ1v) is 7.91. The van der Waals surface area contributed by atoms with Gasteiger partial charge in [0.05, 0.1) is 6.61 Å². The van der Waals surface area contributed by atoms with E-state index < -0.39 is 11.6 Å². The molecule has 1 aromatic rings. The van der Waals surface area contributed by atoms with E-state index in [0.717, 1.165) is 24.2 Å². The highest BCUT2D eigenvalue weighted by atomic mass is 79.9. The van der Waals surface area contributed by atoms with Crippen LogP contribution in [0, 0.1) is 17.0 Å². The van der Waals surface area contributed by atoms with E-state index >= 15 is 0 Å². The van der Waals surface area contributed by atoms with Crippen molar-refractivity contribution in [2.75, 3.05) is 11.9 Å². The summed E-state index contributed by atoms with van der Waals surface area (Å²) in [4.78, 5) is 0. The minimum Gasteiger partial charge on any atom is -0.493 e. The van der Waals surface area contributed by atoms with Crippen molar-refractivity contribution in [1.82, 2.24) is 0 Å². The first-order valence-electron chi connectivity index (χ1n) is 6.78. The molecule has 4 heteroatoms. The van der Waals surface area contributed by atoms with Gasteiger partial charge in [0.15, 0.2) is 0 Å². The molecular formula is C15H19BrF2O. The average molecular weight is 333 g/mol. The number of rotatable bonds is 4. The minimum absolute atomic E-state index is 0.0965. The lowest BCUT2D eigenvalue weighted by Crippen LogP contribution is -2.30. The van der Waals surface area contributed by atoms with Crippen molar-refractivity contribution >= 4 is 15.9 Å². The molecule has 0 aromatic heterocycles. The molecule has 2 rings (SSSR count). The minimum atomic E-state index is -0.594. The Morgan fingerprint density at radius 1 is 1.00 bits per heavy atom. The van der Waals surface area contributed by atoms with Crippen LogP contribution < -0.4 is 4.74 Å². The maximum Gasteiger partial charge on any atom is 0.129 e. The number of halogens is 3. The van der Waals surface area contributed by atoms with Crippen molar-refractivity contribution in [3.63, 3.8) is 0 Å². The Labute approximate surface area is 121 Å². The molecule has 0 amide bonds. The van der Waals surface area contributed by atoms with Gasteiger partial charge in [-0.05, 0) is 12.8 Å². The molecule has 0 heterocycles. The molecule has 0 N–H and O–H groups in total. The van der Waals surface area contributed by atoms with Crippen LogP contribution in [-0.2, 0) is 0 Å². The number of ether oxygens (including phenoxy) is 1. The predicted octanol–water partition coefficient (Wildman–Crippen LogP) is 5.08. The molecule has 19 heavy (non-hydrogen) atoms. The number of hydrogen-bond acceptors (Lipinski definition) is 1.